The molecular formula is C18H28N2O2. The second-order valence-electron chi connectivity index (χ2n) is 7.25. The molecule has 0 bridgehead atoms. The van der Waals surface area contributed by atoms with Gasteiger partial charge in [0.2, 0.25) is 5.91 Å². The molecule has 0 saturated heterocycles. The van der Waals surface area contributed by atoms with Gasteiger partial charge in [0.1, 0.15) is 5.76 Å². The Bertz CT molecular complexity index is 506. The molecule has 4 nitrogen and oxygen atoms in total. The van der Waals surface area contributed by atoms with Crippen LogP contribution in [0.2, 0.25) is 0 Å². The Kier molecular flexibility index (Phi) is 4.55. The monoisotopic (exact) mass is 304 g/mol. The minimum atomic E-state index is 0.335. The lowest BCUT2D eigenvalue weighted by molar-refractivity contribution is -0.135. The first-order valence-electron chi connectivity index (χ1n) is 8.79. The van der Waals surface area contributed by atoms with Gasteiger partial charge < -0.3 is 9.42 Å². The molecule has 0 spiro atoms. The van der Waals surface area contributed by atoms with Gasteiger partial charge in [-0.25, -0.2) is 0 Å². The van der Waals surface area contributed by atoms with E-state index in [2.05, 4.69) is 17.0 Å². The van der Waals surface area contributed by atoms with E-state index >= 15 is 0 Å². The van der Waals surface area contributed by atoms with E-state index < -0.39 is 0 Å². The smallest absolute Gasteiger partial charge is 0.223 e. The molecule has 3 rings (SSSR count). The topological polar surface area (TPSA) is 46.3 Å². The fourth-order valence-electron chi connectivity index (χ4n) is 3.80. The summed E-state index contributed by atoms with van der Waals surface area (Å²) in [6, 6.07) is 1.01. The lowest BCUT2D eigenvalue weighted by Gasteiger charge is -2.36. The van der Waals surface area contributed by atoms with E-state index in [1.807, 2.05) is 13.8 Å². The Hall–Kier alpha value is -1.32. The van der Waals surface area contributed by atoms with Crippen molar-refractivity contribution < 1.29 is 9.32 Å². The molecule has 2 fully saturated rings. The van der Waals surface area contributed by atoms with Gasteiger partial charge in [0.05, 0.1) is 5.69 Å². The number of hydrogen-bond acceptors (Lipinski definition) is 3. The van der Waals surface area contributed by atoms with Gasteiger partial charge in [0.25, 0.3) is 0 Å². The second kappa shape index (κ2) is 6.43. The average Bonchev–Trinajstić information content (AvgIpc) is 3.27. The average molecular weight is 304 g/mol. The first-order chi connectivity index (χ1) is 10.6. The first-order valence-corrected chi connectivity index (χ1v) is 8.79. The molecule has 1 heterocycles. The van der Waals surface area contributed by atoms with Crippen molar-refractivity contribution >= 4 is 5.91 Å². The van der Waals surface area contributed by atoms with E-state index in [-0.39, 0.29) is 0 Å². The number of nitrogens with zero attached hydrogens (tertiary/aromatic N) is 2. The predicted molar refractivity (Wildman–Crippen MR) is 85.6 cm³/mol. The van der Waals surface area contributed by atoms with Crippen LogP contribution in [0.5, 0.6) is 0 Å². The van der Waals surface area contributed by atoms with Crippen LogP contribution in [0.4, 0.5) is 0 Å². The number of aromatic nitrogens is 1. The van der Waals surface area contributed by atoms with Crippen molar-refractivity contribution in [3.05, 3.63) is 17.0 Å². The van der Waals surface area contributed by atoms with Gasteiger partial charge in [-0.05, 0) is 64.7 Å². The van der Waals surface area contributed by atoms with Crippen molar-refractivity contribution in [1.82, 2.24) is 10.1 Å². The largest absolute Gasteiger partial charge is 0.361 e. The lowest BCUT2D eigenvalue weighted by Crippen LogP contribution is -2.43. The third-order valence-electron chi connectivity index (χ3n) is 5.38. The fraction of sp³-hybridized carbons (Fsp3) is 0.778. The van der Waals surface area contributed by atoms with Crippen molar-refractivity contribution in [3.63, 3.8) is 0 Å². The second-order valence-corrected chi connectivity index (χ2v) is 7.25. The van der Waals surface area contributed by atoms with Gasteiger partial charge in [-0.15, -0.1) is 0 Å². The van der Waals surface area contributed by atoms with Gasteiger partial charge in [-0.3, -0.25) is 4.79 Å². The SMILES string of the molecule is Cc1noc(C)c1CCC(=O)N(C1CCC(C)CC1)C1CC1. The van der Waals surface area contributed by atoms with Crippen LogP contribution in [0.1, 0.15) is 68.9 Å². The van der Waals surface area contributed by atoms with E-state index in [9.17, 15) is 4.79 Å². The molecule has 2 aliphatic rings. The van der Waals surface area contributed by atoms with Crippen molar-refractivity contribution in [2.24, 2.45) is 5.92 Å². The van der Waals surface area contributed by atoms with Crippen LogP contribution in [-0.4, -0.2) is 28.0 Å². The minimum Gasteiger partial charge on any atom is -0.361 e. The molecule has 0 aromatic carbocycles. The van der Waals surface area contributed by atoms with E-state index in [0.717, 1.165) is 29.4 Å². The lowest BCUT2D eigenvalue weighted by atomic mass is 9.86. The molecule has 0 atom stereocenters. The third kappa shape index (κ3) is 3.36. The van der Waals surface area contributed by atoms with E-state index in [4.69, 9.17) is 4.52 Å². The number of amides is 1. The van der Waals surface area contributed by atoms with Crippen LogP contribution in [-0.2, 0) is 11.2 Å². The Labute approximate surface area is 133 Å². The molecule has 1 amide bonds. The van der Waals surface area contributed by atoms with Crippen molar-refractivity contribution in [1.29, 1.82) is 0 Å². The molecule has 4 heteroatoms. The summed E-state index contributed by atoms with van der Waals surface area (Å²) in [7, 11) is 0. The minimum absolute atomic E-state index is 0.335. The van der Waals surface area contributed by atoms with Crippen molar-refractivity contribution in [3.8, 4) is 0 Å². The summed E-state index contributed by atoms with van der Waals surface area (Å²) in [5, 5.41) is 3.98. The van der Waals surface area contributed by atoms with Gasteiger partial charge in [-0.2, -0.15) is 0 Å². The zero-order valence-corrected chi connectivity index (χ0v) is 14.1. The Morgan fingerprint density at radius 3 is 2.23 bits per heavy atom. The van der Waals surface area contributed by atoms with Gasteiger partial charge in [0.15, 0.2) is 0 Å². The normalized spacial score (nSPS) is 25.2. The third-order valence-corrected chi connectivity index (χ3v) is 5.38. The summed E-state index contributed by atoms with van der Waals surface area (Å²) >= 11 is 0. The molecule has 2 saturated carbocycles. The van der Waals surface area contributed by atoms with Crippen LogP contribution >= 0.6 is 0 Å². The van der Waals surface area contributed by atoms with Crippen LogP contribution in [0.15, 0.2) is 4.52 Å². The highest BCUT2D eigenvalue weighted by Gasteiger charge is 2.38. The number of carbonyl (C=O) groups is 1. The summed E-state index contributed by atoms with van der Waals surface area (Å²) in [5.74, 6) is 2.02. The van der Waals surface area contributed by atoms with Crippen LogP contribution in [0, 0.1) is 19.8 Å². The van der Waals surface area contributed by atoms with Gasteiger partial charge >= 0.3 is 0 Å². The quantitative estimate of drug-likeness (QED) is 0.831. The molecular weight excluding hydrogens is 276 g/mol. The highest BCUT2D eigenvalue weighted by atomic mass is 16.5. The van der Waals surface area contributed by atoms with Crippen LogP contribution < -0.4 is 0 Å². The van der Waals surface area contributed by atoms with Crippen molar-refractivity contribution in [2.75, 3.05) is 0 Å². The molecule has 2 aliphatic carbocycles. The molecule has 0 aliphatic heterocycles. The summed E-state index contributed by atoms with van der Waals surface area (Å²) < 4.78 is 5.20. The number of aryl methyl sites for hydroxylation is 2. The van der Waals surface area contributed by atoms with E-state index in [1.165, 1.54) is 38.5 Å². The first kappa shape index (κ1) is 15.6. The summed E-state index contributed by atoms with van der Waals surface area (Å²) in [4.78, 5) is 15.0. The van der Waals surface area contributed by atoms with Crippen molar-refractivity contribution in [2.45, 2.75) is 84.2 Å². The van der Waals surface area contributed by atoms with E-state index in [1.54, 1.807) is 0 Å². The Morgan fingerprint density at radius 1 is 1.14 bits per heavy atom. The van der Waals surface area contributed by atoms with Crippen LogP contribution in [0.25, 0.3) is 0 Å². The number of carbonyl (C=O) groups excluding carboxylic acids is 1. The summed E-state index contributed by atoms with van der Waals surface area (Å²) in [6.07, 6.45) is 8.66. The number of rotatable bonds is 5. The highest BCUT2D eigenvalue weighted by molar-refractivity contribution is 5.77. The molecule has 122 valence electrons. The molecule has 1 aromatic rings. The molecule has 0 radical (unpaired) electrons. The molecule has 0 N–H and O–H groups in total. The standard InChI is InChI=1S/C18H28N2O2/c1-12-4-6-15(7-5-12)20(16-8-9-16)18(21)11-10-17-13(2)19-22-14(17)3/h12,15-16H,4-11H2,1-3H3. The number of hydrogen-bond donors (Lipinski definition) is 0. The molecule has 1 aromatic heterocycles. The molecule has 0 unspecified atom stereocenters. The maximum Gasteiger partial charge on any atom is 0.223 e. The van der Waals surface area contributed by atoms with Crippen LogP contribution in [0.3, 0.4) is 0 Å². The van der Waals surface area contributed by atoms with Gasteiger partial charge in [0, 0.05) is 24.1 Å². The van der Waals surface area contributed by atoms with E-state index in [0.29, 0.717) is 24.4 Å². The maximum absolute atomic E-state index is 12.8. The highest BCUT2D eigenvalue weighted by Crippen LogP contribution is 2.35. The maximum atomic E-state index is 12.8. The Morgan fingerprint density at radius 2 is 1.73 bits per heavy atom. The summed E-state index contributed by atoms with van der Waals surface area (Å²) in [6.45, 7) is 6.22. The fourth-order valence-corrected chi connectivity index (χ4v) is 3.80. The zero-order valence-electron chi connectivity index (χ0n) is 14.1. The molecule has 22 heavy (non-hydrogen) atoms. The van der Waals surface area contributed by atoms with Gasteiger partial charge in [-0.1, -0.05) is 12.1 Å². The zero-order chi connectivity index (χ0) is 15.7. The predicted octanol–water partition coefficient (Wildman–Crippen LogP) is 3.79. The summed E-state index contributed by atoms with van der Waals surface area (Å²) in [5.41, 5.74) is 2.04. The Balaban J connectivity index is 1.61.